The number of benzene rings is 1. The van der Waals surface area contributed by atoms with Crippen LogP contribution < -0.4 is 5.56 Å². The Morgan fingerprint density at radius 1 is 1.46 bits per heavy atom. The first-order valence-corrected chi connectivity index (χ1v) is 5.40. The molecule has 0 aliphatic rings. The summed E-state index contributed by atoms with van der Waals surface area (Å²) in [5.41, 5.74) is 0.601. The van der Waals surface area contributed by atoms with Gasteiger partial charge in [0, 0.05) is 3.57 Å². The van der Waals surface area contributed by atoms with E-state index in [1.165, 1.54) is 0 Å². The van der Waals surface area contributed by atoms with Crippen LogP contribution >= 0.6 is 38.5 Å². The summed E-state index contributed by atoms with van der Waals surface area (Å²) in [4.78, 5) is 18.2. The number of hydrogen-bond acceptors (Lipinski definition) is 2. The molecule has 0 unspecified atom stereocenters. The lowest BCUT2D eigenvalue weighted by Crippen LogP contribution is -2.09. The molecule has 0 saturated heterocycles. The largest absolute Gasteiger partial charge is 0.300 e. The summed E-state index contributed by atoms with van der Waals surface area (Å²) < 4.78 is 1.38. The molecular formula is C8H4BrIN2O. The third kappa shape index (κ3) is 1.62. The number of aromatic nitrogens is 2. The fraction of sp³-hybridized carbons (Fsp3) is 0. The minimum Gasteiger partial charge on any atom is -0.300 e. The van der Waals surface area contributed by atoms with Crippen molar-refractivity contribution >= 4 is 49.4 Å². The van der Waals surface area contributed by atoms with E-state index in [9.17, 15) is 4.79 Å². The zero-order valence-corrected chi connectivity index (χ0v) is 10.1. The Labute approximate surface area is 95.8 Å². The highest BCUT2D eigenvalue weighted by Crippen LogP contribution is 2.15. The second-order valence-electron chi connectivity index (χ2n) is 2.49. The molecule has 3 nitrogen and oxygen atoms in total. The average molecular weight is 351 g/mol. The summed E-state index contributed by atoms with van der Waals surface area (Å²) in [5, 5.41) is 0.645. The van der Waals surface area contributed by atoms with Gasteiger partial charge in [0.05, 0.1) is 10.9 Å². The van der Waals surface area contributed by atoms with Gasteiger partial charge in [-0.1, -0.05) is 6.07 Å². The standard InChI is InChI=1S/C8H4BrIN2O/c9-8-11-5-3-1-2-4(10)6(5)7(13)12-8/h1-3H,(H,11,12,13). The quantitative estimate of drug-likeness (QED) is 0.585. The number of aromatic amines is 1. The highest BCUT2D eigenvalue weighted by molar-refractivity contribution is 14.1. The molecule has 2 aromatic rings. The topological polar surface area (TPSA) is 45.8 Å². The molecule has 0 bridgehead atoms. The van der Waals surface area contributed by atoms with E-state index in [4.69, 9.17) is 0 Å². The Morgan fingerprint density at radius 2 is 2.23 bits per heavy atom. The van der Waals surface area contributed by atoms with Gasteiger partial charge in [-0.15, -0.1) is 0 Å². The predicted octanol–water partition coefficient (Wildman–Crippen LogP) is 2.29. The summed E-state index contributed by atoms with van der Waals surface area (Å²) in [6, 6.07) is 5.58. The number of fused-ring (bicyclic) bond motifs is 1. The highest BCUT2D eigenvalue weighted by atomic mass is 127. The van der Waals surface area contributed by atoms with Crippen molar-refractivity contribution in [1.29, 1.82) is 0 Å². The molecule has 0 radical (unpaired) electrons. The fourth-order valence-electron chi connectivity index (χ4n) is 1.12. The van der Waals surface area contributed by atoms with E-state index in [0.717, 1.165) is 3.57 Å². The summed E-state index contributed by atoms with van der Waals surface area (Å²) in [6.45, 7) is 0. The van der Waals surface area contributed by atoms with E-state index in [2.05, 4.69) is 48.5 Å². The molecule has 0 saturated carbocycles. The monoisotopic (exact) mass is 350 g/mol. The van der Waals surface area contributed by atoms with Crippen molar-refractivity contribution in [3.05, 3.63) is 36.9 Å². The Hall–Kier alpha value is -0.430. The lowest BCUT2D eigenvalue weighted by molar-refractivity contribution is 1.11. The number of nitrogens with one attached hydrogen (secondary N) is 1. The van der Waals surface area contributed by atoms with Crippen LogP contribution in [0, 0.1) is 3.57 Å². The van der Waals surface area contributed by atoms with Gasteiger partial charge in [-0.25, -0.2) is 4.98 Å². The fourth-order valence-corrected chi connectivity index (χ4v) is 2.22. The van der Waals surface area contributed by atoms with Crippen LogP contribution in [0.25, 0.3) is 10.9 Å². The van der Waals surface area contributed by atoms with Crippen LogP contribution in [0.2, 0.25) is 0 Å². The van der Waals surface area contributed by atoms with E-state index in [1.54, 1.807) is 0 Å². The number of H-pyrrole nitrogens is 1. The van der Waals surface area contributed by atoms with Gasteiger partial charge in [0.15, 0.2) is 4.73 Å². The normalized spacial score (nSPS) is 10.6. The number of hydrogen-bond donors (Lipinski definition) is 1. The first-order valence-electron chi connectivity index (χ1n) is 3.52. The van der Waals surface area contributed by atoms with Gasteiger partial charge >= 0.3 is 0 Å². The van der Waals surface area contributed by atoms with Gasteiger partial charge in [-0.05, 0) is 50.7 Å². The van der Waals surface area contributed by atoms with Crippen LogP contribution in [0.1, 0.15) is 0 Å². The Kier molecular flexibility index (Phi) is 2.37. The number of rotatable bonds is 0. The van der Waals surface area contributed by atoms with Crippen molar-refractivity contribution in [3.8, 4) is 0 Å². The second kappa shape index (κ2) is 3.38. The van der Waals surface area contributed by atoms with Crippen molar-refractivity contribution in [3.63, 3.8) is 0 Å². The molecule has 1 aromatic carbocycles. The molecule has 5 heteroatoms. The molecule has 0 atom stereocenters. The van der Waals surface area contributed by atoms with Crippen LogP contribution in [-0.4, -0.2) is 9.97 Å². The molecule has 0 amide bonds. The van der Waals surface area contributed by atoms with Gasteiger partial charge in [0.25, 0.3) is 5.56 Å². The van der Waals surface area contributed by atoms with Gasteiger partial charge in [0.1, 0.15) is 0 Å². The van der Waals surface area contributed by atoms with Crippen LogP contribution in [0.15, 0.2) is 27.7 Å². The second-order valence-corrected chi connectivity index (χ2v) is 4.40. The first-order chi connectivity index (χ1) is 6.18. The SMILES string of the molecule is O=c1[nH]c(Br)nc2cccc(I)c12. The molecule has 0 fully saturated rings. The van der Waals surface area contributed by atoms with Crippen LogP contribution in [0.3, 0.4) is 0 Å². The Bertz CT molecular complexity index is 523. The lowest BCUT2D eigenvalue weighted by atomic mass is 10.2. The van der Waals surface area contributed by atoms with Crippen LogP contribution in [-0.2, 0) is 0 Å². The first kappa shape index (κ1) is 9.14. The average Bonchev–Trinajstić information content (AvgIpc) is 2.02. The third-order valence-corrected chi connectivity index (χ3v) is 2.93. The van der Waals surface area contributed by atoms with Gasteiger partial charge in [-0.2, -0.15) is 0 Å². The summed E-state index contributed by atoms with van der Waals surface area (Å²) in [6.07, 6.45) is 0. The predicted molar refractivity (Wildman–Crippen MR) is 62.8 cm³/mol. The van der Waals surface area contributed by atoms with Crippen molar-refractivity contribution in [1.82, 2.24) is 9.97 Å². The lowest BCUT2D eigenvalue weighted by Gasteiger charge is -1.98. The minimum absolute atomic E-state index is 0.109. The summed E-state index contributed by atoms with van der Waals surface area (Å²) in [7, 11) is 0. The van der Waals surface area contributed by atoms with Crippen LogP contribution in [0.4, 0.5) is 0 Å². The molecule has 1 aromatic heterocycles. The van der Waals surface area contributed by atoms with Crippen molar-refractivity contribution in [2.45, 2.75) is 0 Å². The molecule has 66 valence electrons. The maximum Gasteiger partial charge on any atom is 0.260 e. The van der Waals surface area contributed by atoms with E-state index in [1.807, 2.05) is 18.2 Å². The zero-order valence-electron chi connectivity index (χ0n) is 6.34. The molecule has 1 N–H and O–H groups in total. The summed E-state index contributed by atoms with van der Waals surface area (Å²) in [5.74, 6) is 0. The highest BCUT2D eigenvalue weighted by Gasteiger charge is 2.04. The van der Waals surface area contributed by atoms with Crippen molar-refractivity contribution < 1.29 is 0 Å². The number of halogens is 2. The smallest absolute Gasteiger partial charge is 0.260 e. The molecule has 2 rings (SSSR count). The Morgan fingerprint density at radius 3 is 3.00 bits per heavy atom. The van der Waals surface area contributed by atoms with Crippen LogP contribution in [0.5, 0.6) is 0 Å². The van der Waals surface area contributed by atoms with E-state index in [-0.39, 0.29) is 5.56 Å². The van der Waals surface area contributed by atoms with Crippen molar-refractivity contribution in [2.24, 2.45) is 0 Å². The maximum atomic E-state index is 11.5. The molecule has 1 heterocycles. The summed E-state index contributed by atoms with van der Waals surface area (Å²) >= 11 is 5.26. The molecule has 13 heavy (non-hydrogen) atoms. The minimum atomic E-state index is -0.109. The Balaban J connectivity index is 3.03. The van der Waals surface area contributed by atoms with Crippen molar-refractivity contribution in [2.75, 3.05) is 0 Å². The molecule has 0 spiro atoms. The van der Waals surface area contributed by atoms with Gasteiger partial charge < -0.3 is 4.98 Å². The third-order valence-electron chi connectivity index (χ3n) is 1.65. The van der Waals surface area contributed by atoms with Gasteiger partial charge in [-0.3, -0.25) is 4.79 Å². The zero-order chi connectivity index (χ0) is 9.42. The maximum absolute atomic E-state index is 11.5. The van der Waals surface area contributed by atoms with E-state index >= 15 is 0 Å². The molecular weight excluding hydrogens is 347 g/mol. The van der Waals surface area contributed by atoms with E-state index < -0.39 is 0 Å². The molecule has 0 aliphatic heterocycles. The van der Waals surface area contributed by atoms with Gasteiger partial charge in [0.2, 0.25) is 0 Å². The number of nitrogens with zero attached hydrogens (tertiary/aromatic N) is 1. The van der Waals surface area contributed by atoms with E-state index in [0.29, 0.717) is 15.6 Å². The molecule has 0 aliphatic carbocycles.